The van der Waals surface area contributed by atoms with E-state index in [2.05, 4.69) is 17.4 Å². The Balaban J connectivity index is 0.00000182. The molecule has 4 aliphatic carbocycles. The van der Waals surface area contributed by atoms with Gasteiger partial charge in [0.1, 0.15) is 0 Å². The van der Waals surface area contributed by atoms with Gasteiger partial charge in [-0.15, -0.1) is 12.4 Å². The van der Waals surface area contributed by atoms with Crippen LogP contribution in [0.5, 0.6) is 17.2 Å². The molecule has 140 valence electrons. The molecule has 25 heavy (non-hydrogen) atoms. The van der Waals surface area contributed by atoms with E-state index in [4.69, 9.17) is 14.2 Å². The van der Waals surface area contributed by atoms with E-state index in [0.717, 1.165) is 41.7 Å². The lowest BCUT2D eigenvalue weighted by atomic mass is 9.54. The molecule has 0 radical (unpaired) electrons. The van der Waals surface area contributed by atoms with Crippen molar-refractivity contribution in [2.75, 3.05) is 21.3 Å². The Kier molecular flexibility index (Phi) is 5.69. The average molecular weight is 368 g/mol. The van der Waals surface area contributed by atoms with Crippen molar-refractivity contribution < 1.29 is 14.2 Å². The molecule has 0 saturated heterocycles. The van der Waals surface area contributed by atoms with E-state index in [-0.39, 0.29) is 12.4 Å². The molecule has 0 aliphatic heterocycles. The number of halogens is 1. The van der Waals surface area contributed by atoms with Crippen LogP contribution in [0.3, 0.4) is 0 Å². The molecule has 4 saturated carbocycles. The van der Waals surface area contributed by atoms with Crippen molar-refractivity contribution in [3.63, 3.8) is 0 Å². The Hall–Kier alpha value is -1.13. The van der Waals surface area contributed by atoms with Gasteiger partial charge in [-0.3, -0.25) is 0 Å². The molecule has 5 rings (SSSR count). The average Bonchev–Trinajstić information content (AvgIpc) is 2.59. The second-order valence-corrected chi connectivity index (χ2v) is 7.87. The number of ether oxygens (including phenoxy) is 3. The van der Waals surface area contributed by atoms with E-state index < -0.39 is 0 Å². The molecule has 0 aromatic heterocycles. The smallest absolute Gasteiger partial charge is 0.203 e. The first-order valence-corrected chi connectivity index (χ1v) is 9.24. The third-order valence-corrected chi connectivity index (χ3v) is 6.49. The highest BCUT2D eigenvalue weighted by Crippen LogP contribution is 2.53. The maximum atomic E-state index is 5.47. The summed E-state index contributed by atoms with van der Waals surface area (Å²) in [5.74, 6) is 5.96. The van der Waals surface area contributed by atoms with Crippen molar-refractivity contribution in [3.05, 3.63) is 17.7 Å². The van der Waals surface area contributed by atoms with Crippen molar-refractivity contribution in [1.82, 2.24) is 5.32 Å². The second kappa shape index (κ2) is 7.63. The first-order valence-electron chi connectivity index (χ1n) is 9.24. The predicted octanol–water partition coefficient (Wildman–Crippen LogP) is 4.05. The molecule has 4 aliphatic rings. The van der Waals surface area contributed by atoms with Crippen molar-refractivity contribution in [1.29, 1.82) is 0 Å². The molecule has 4 fully saturated rings. The fourth-order valence-corrected chi connectivity index (χ4v) is 5.73. The summed E-state index contributed by atoms with van der Waals surface area (Å²) >= 11 is 0. The summed E-state index contributed by atoms with van der Waals surface area (Å²) in [5, 5.41) is 3.87. The van der Waals surface area contributed by atoms with Crippen LogP contribution in [0.1, 0.15) is 37.7 Å². The van der Waals surface area contributed by atoms with E-state index in [1.807, 2.05) is 0 Å². The molecule has 1 aromatic rings. The zero-order valence-electron chi connectivity index (χ0n) is 15.4. The van der Waals surface area contributed by atoms with Gasteiger partial charge in [0.15, 0.2) is 11.5 Å². The van der Waals surface area contributed by atoms with Crippen LogP contribution in [-0.4, -0.2) is 27.4 Å². The van der Waals surface area contributed by atoms with E-state index >= 15 is 0 Å². The van der Waals surface area contributed by atoms with E-state index in [1.165, 1.54) is 37.7 Å². The molecule has 0 heterocycles. The number of benzene rings is 1. The van der Waals surface area contributed by atoms with Crippen LogP contribution < -0.4 is 19.5 Å². The third kappa shape index (κ3) is 3.43. The monoisotopic (exact) mass is 367 g/mol. The number of hydrogen-bond acceptors (Lipinski definition) is 4. The van der Waals surface area contributed by atoms with Crippen LogP contribution in [0.4, 0.5) is 0 Å². The Labute approximate surface area is 157 Å². The molecule has 4 nitrogen and oxygen atoms in total. The lowest BCUT2D eigenvalue weighted by Gasteiger charge is -2.54. The zero-order chi connectivity index (χ0) is 16.7. The highest BCUT2D eigenvalue weighted by molar-refractivity contribution is 5.85. The number of hydrogen-bond donors (Lipinski definition) is 1. The molecule has 0 atom stereocenters. The standard InChI is InChI=1S/C20H29NO3.ClH/c1-22-17-9-14(10-18(23-2)20(17)24-3)11-21-19-15-5-12-4-13(7-15)8-16(19)6-12;/h9-10,12-13,15-16,19,21H,4-8,11H2,1-3H3;1H. The van der Waals surface area contributed by atoms with Crippen molar-refractivity contribution in [3.8, 4) is 17.2 Å². The summed E-state index contributed by atoms with van der Waals surface area (Å²) < 4.78 is 16.4. The lowest BCUT2D eigenvalue weighted by molar-refractivity contribution is -0.0142. The van der Waals surface area contributed by atoms with Gasteiger partial charge in [-0.2, -0.15) is 0 Å². The van der Waals surface area contributed by atoms with E-state index in [0.29, 0.717) is 11.8 Å². The van der Waals surface area contributed by atoms with Gasteiger partial charge in [0.25, 0.3) is 0 Å². The Bertz CT molecular complexity index is 554. The van der Waals surface area contributed by atoms with Gasteiger partial charge < -0.3 is 19.5 Å². The fourth-order valence-electron chi connectivity index (χ4n) is 5.73. The predicted molar refractivity (Wildman–Crippen MR) is 101 cm³/mol. The van der Waals surface area contributed by atoms with Gasteiger partial charge in [0.2, 0.25) is 5.75 Å². The molecular formula is C20H30ClNO3. The Morgan fingerprint density at radius 3 is 1.80 bits per heavy atom. The summed E-state index contributed by atoms with van der Waals surface area (Å²) in [6.07, 6.45) is 7.28. The molecule has 0 unspecified atom stereocenters. The zero-order valence-corrected chi connectivity index (χ0v) is 16.2. The quantitative estimate of drug-likeness (QED) is 0.823. The minimum atomic E-state index is 0. The number of nitrogens with one attached hydrogen (secondary N) is 1. The van der Waals surface area contributed by atoms with Gasteiger partial charge in [0, 0.05) is 12.6 Å². The normalized spacial score (nSPS) is 32.2. The topological polar surface area (TPSA) is 39.7 Å². The molecule has 0 amide bonds. The molecular weight excluding hydrogens is 338 g/mol. The van der Waals surface area contributed by atoms with Crippen LogP contribution in [0, 0.1) is 23.7 Å². The van der Waals surface area contributed by atoms with Crippen molar-refractivity contribution in [2.45, 2.75) is 44.7 Å². The fraction of sp³-hybridized carbons (Fsp3) is 0.700. The first-order chi connectivity index (χ1) is 11.7. The van der Waals surface area contributed by atoms with Crippen LogP contribution in [0.15, 0.2) is 12.1 Å². The maximum absolute atomic E-state index is 5.47. The lowest BCUT2D eigenvalue weighted by Crippen LogP contribution is -2.54. The summed E-state index contributed by atoms with van der Waals surface area (Å²) in [6, 6.07) is 4.81. The minimum Gasteiger partial charge on any atom is -0.493 e. The number of rotatable bonds is 6. The van der Waals surface area contributed by atoms with E-state index in [1.54, 1.807) is 21.3 Å². The molecule has 5 heteroatoms. The molecule has 4 bridgehead atoms. The van der Waals surface area contributed by atoms with E-state index in [9.17, 15) is 0 Å². The van der Waals surface area contributed by atoms with Crippen LogP contribution in [0.25, 0.3) is 0 Å². The Morgan fingerprint density at radius 1 is 0.840 bits per heavy atom. The van der Waals surface area contributed by atoms with Gasteiger partial charge in [-0.1, -0.05) is 0 Å². The highest BCUT2D eigenvalue weighted by atomic mass is 35.5. The Morgan fingerprint density at radius 2 is 1.36 bits per heavy atom. The molecule has 1 N–H and O–H groups in total. The van der Waals surface area contributed by atoms with Crippen molar-refractivity contribution in [2.24, 2.45) is 23.7 Å². The third-order valence-electron chi connectivity index (χ3n) is 6.49. The van der Waals surface area contributed by atoms with Gasteiger partial charge >= 0.3 is 0 Å². The summed E-state index contributed by atoms with van der Waals surface area (Å²) in [6.45, 7) is 0.865. The summed E-state index contributed by atoms with van der Waals surface area (Å²) in [4.78, 5) is 0. The highest BCUT2D eigenvalue weighted by Gasteiger charge is 2.47. The van der Waals surface area contributed by atoms with Crippen LogP contribution in [0.2, 0.25) is 0 Å². The molecule has 0 spiro atoms. The summed E-state index contributed by atoms with van der Waals surface area (Å²) in [5.41, 5.74) is 1.19. The van der Waals surface area contributed by atoms with Gasteiger partial charge in [-0.05, 0) is 73.5 Å². The molecule has 1 aromatic carbocycles. The SMILES string of the molecule is COc1cc(CNC2C3CC4CC(C3)CC2C4)cc(OC)c1OC.Cl. The van der Waals surface area contributed by atoms with Crippen molar-refractivity contribution >= 4 is 12.4 Å². The second-order valence-electron chi connectivity index (χ2n) is 7.87. The summed E-state index contributed by atoms with van der Waals surface area (Å²) in [7, 11) is 4.99. The van der Waals surface area contributed by atoms with Crippen LogP contribution in [-0.2, 0) is 6.54 Å². The maximum Gasteiger partial charge on any atom is 0.203 e. The number of methoxy groups -OCH3 is 3. The van der Waals surface area contributed by atoms with Gasteiger partial charge in [-0.25, -0.2) is 0 Å². The first kappa shape index (κ1) is 18.7. The largest absolute Gasteiger partial charge is 0.493 e. The minimum absolute atomic E-state index is 0. The van der Waals surface area contributed by atoms with Gasteiger partial charge in [0.05, 0.1) is 21.3 Å². The van der Waals surface area contributed by atoms with Crippen LogP contribution >= 0.6 is 12.4 Å².